The summed E-state index contributed by atoms with van der Waals surface area (Å²) in [5, 5.41) is 9.08. The number of nitrogens with zero attached hydrogens (tertiary/aromatic N) is 2. The van der Waals surface area contributed by atoms with Crippen molar-refractivity contribution in [2.75, 3.05) is 13.4 Å². The van der Waals surface area contributed by atoms with E-state index in [0.29, 0.717) is 6.07 Å². The first-order valence-electron chi connectivity index (χ1n) is 5.74. The van der Waals surface area contributed by atoms with Crippen LogP contribution >= 0.6 is 11.8 Å². The molecule has 1 N–H and O–H groups in total. The monoisotopic (exact) mass is 327 g/mol. The van der Waals surface area contributed by atoms with Crippen LogP contribution in [-0.2, 0) is 0 Å². The highest BCUT2D eigenvalue weighted by molar-refractivity contribution is 7.98. The topological polar surface area (TPSA) is 78.8 Å². The Morgan fingerprint density at radius 2 is 2.05 bits per heavy atom. The van der Waals surface area contributed by atoms with Gasteiger partial charge < -0.3 is 9.72 Å². The highest BCUT2D eigenvalue weighted by atomic mass is 32.2. The molecule has 0 aliphatic heterocycles. The maximum Gasteiger partial charge on any atom is 0.270 e. The van der Waals surface area contributed by atoms with E-state index in [2.05, 4.69) is 14.7 Å². The van der Waals surface area contributed by atoms with Crippen molar-refractivity contribution in [3.8, 4) is 23.1 Å². The van der Waals surface area contributed by atoms with Crippen LogP contribution in [0, 0.1) is 28.8 Å². The maximum absolute atomic E-state index is 14.3. The third kappa shape index (κ3) is 2.53. The first-order chi connectivity index (χ1) is 10.4. The van der Waals surface area contributed by atoms with Gasteiger partial charge in [0.15, 0.2) is 22.5 Å². The highest BCUT2D eigenvalue weighted by Gasteiger charge is 2.25. The smallest absolute Gasteiger partial charge is 0.270 e. The van der Waals surface area contributed by atoms with Crippen LogP contribution in [0.25, 0.3) is 11.3 Å². The van der Waals surface area contributed by atoms with Crippen molar-refractivity contribution < 1.29 is 17.9 Å². The molecule has 1 aromatic carbocycles. The Labute approximate surface area is 126 Å². The van der Waals surface area contributed by atoms with Crippen LogP contribution in [0.3, 0.4) is 0 Å². The van der Waals surface area contributed by atoms with E-state index in [9.17, 15) is 18.0 Å². The summed E-state index contributed by atoms with van der Waals surface area (Å²) in [6.07, 6.45) is 1.58. The number of aromatic nitrogens is 2. The van der Waals surface area contributed by atoms with E-state index in [0.717, 1.165) is 18.9 Å². The van der Waals surface area contributed by atoms with Gasteiger partial charge in [-0.1, -0.05) is 11.8 Å². The second kappa shape index (κ2) is 6.11. The standard InChI is InChI=1S/C13H8F3N3O2S/c1-21-11-7(15)3-6(14)8(9(11)16)10-5(4-17)12(20)19-13(18-10)22-2/h3H,1-2H3,(H,18,19,20). The molecular weight excluding hydrogens is 319 g/mol. The van der Waals surface area contributed by atoms with Gasteiger partial charge in [-0.25, -0.2) is 18.2 Å². The summed E-state index contributed by atoms with van der Waals surface area (Å²) in [6, 6.07) is 1.94. The second-order valence-electron chi connectivity index (χ2n) is 3.97. The zero-order valence-electron chi connectivity index (χ0n) is 11.3. The lowest BCUT2D eigenvalue weighted by atomic mass is 10.1. The van der Waals surface area contributed by atoms with Gasteiger partial charge in [0, 0.05) is 6.07 Å². The van der Waals surface area contributed by atoms with E-state index in [1.54, 1.807) is 6.26 Å². The van der Waals surface area contributed by atoms with Gasteiger partial charge >= 0.3 is 0 Å². The number of ether oxygens (including phenoxy) is 1. The minimum Gasteiger partial charge on any atom is -0.491 e. The summed E-state index contributed by atoms with van der Waals surface area (Å²) < 4.78 is 46.3. The molecular formula is C13H8F3N3O2S. The number of H-pyrrole nitrogens is 1. The fraction of sp³-hybridized carbons (Fsp3) is 0.154. The molecule has 0 atom stereocenters. The molecule has 0 bridgehead atoms. The predicted octanol–water partition coefficient (Wildman–Crippen LogP) is 2.46. The molecule has 2 aromatic rings. The summed E-state index contributed by atoms with van der Waals surface area (Å²) in [6.45, 7) is 0. The Morgan fingerprint density at radius 1 is 1.36 bits per heavy atom. The van der Waals surface area contributed by atoms with Crippen molar-refractivity contribution in [1.29, 1.82) is 5.26 Å². The number of hydrogen-bond acceptors (Lipinski definition) is 5. The Morgan fingerprint density at radius 3 is 2.59 bits per heavy atom. The highest BCUT2D eigenvalue weighted by Crippen LogP contribution is 2.34. The van der Waals surface area contributed by atoms with Gasteiger partial charge in [0.2, 0.25) is 0 Å². The van der Waals surface area contributed by atoms with Gasteiger partial charge in [0.05, 0.1) is 12.7 Å². The van der Waals surface area contributed by atoms with Gasteiger partial charge in [0.1, 0.15) is 23.1 Å². The molecule has 0 unspecified atom stereocenters. The van der Waals surface area contributed by atoms with Gasteiger partial charge in [-0.2, -0.15) is 5.26 Å². The fourth-order valence-electron chi connectivity index (χ4n) is 1.81. The lowest BCUT2D eigenvalue weighted by molar-refractivity contribution is 0.357. The van der Waals surface area contributed by atoms with E-state index in [-0.39, 0.29) is 5.16 Å². The van der Waals surface area contributed by atoms with Crippen molar-refractivity contribution in [1.82, 2.24) is 9.97 Å². The van der Waals surface area contributed by atoms with Crippen LogP contribution in [0.4, 0.5) is 13.2 Å². The van der Waals surface area contributed by atoms with Gasteiger partial charge in [0.25, 0.3) is 5.56 Å². The van der Waals surface area contributed by atoms with Crippen molar-refractivity contribution >= 4 is 11.8 Å². The number of nitriles is 1. The fourth-order valence-corrected chi connectivity index (χ4v) is 2.19. The number of hydrogen-bond donors (Lipinski definition) is 1. The molecule has 22 heavy (non-hydrogen) atoms. The third-order valence-electron chi connectivity index (χ3n) is 2.77. The summed E-state index contributed by atoms with van der Waals surface area (Å²) in [4.78, 5) is 17.9. The minimum absolute atomic E-state index is 0.0566. The number of nitrogens with one attached hydrogen (secondary N) is 1. The van der Waals surface area contributed by atoms with Crippen molar-refractivity contribution in [3.63, 3.8) is 0 Å². The number of benzene rings is 1. The normalized spacial score (nSPS) is 10.4. The van der Waals surface area contributed by atoms with Crippen LogP contribution in [0.15, 0.2) is 16.0 Å². The van der Waals surface area contributed by atoms with Crippen molar-refractivity contribution in [2.45, 2.75) is 5.16 Å². The van der Waals surface area contributed by atoms with E-state index >= 15 is 0 Å². The average Bonchev–Trinajstić information content (AvgIpc) is 2.46. The number of rotatable bonds is 3. The SMILES string of the molecule is COc1c(F)cc(F)c(-c2nc(SC)[nH]c(=O)c2C#N)c1F. The molecule has 1 heterocycles. The molecule has 0 saturated heterocycles. The van der Waals surface area contributed by atoms with Crippen LogP contribution < -0.4 is 10.3 Å². The number of thioether (sulfide) groups is 1. The molecule has 0 aliphatic carbocycles. The van der Waals surface area contributed by atoms with Gasteiger partial charge in [-0.05, 0) is 6.26 Å². The Bertz CT molecular complexity index is 846. The average molecular weight is 327 g/mol. The van der Waals surface area contributed by atoms with Crippen LogP contribution in [0.2, 0.25) is 0 Å². The lowest BCUT2D eigenvalue weighted by Crippen LogP contribution is -2.15. The first-order valence-corrected chi connectivity index (χ1v) is 6.97. The largest absolute Gasteiger partial charge is 0.491 e. The molecule has 0 aliphatic rings. The zero-order chi connectivity index (χ0) is 16.4. The van der Waals surface area contributed by atoms with Crippen molar-refractivity contribution in [3.05, 3.63) is 39.4 Å². The molecule has 114 valence electrons. The summed E-state index contributed by atoms with van der Waals surface area (Å²) in [5.41, 5.74) is -2.73. The number of aromatic amines is 1. The third-order valence-corrected chi connectivity index (χ3v) is 3.35. The maximum atomic E-state index is 14.3. The zero-order valence-corrected chi connectivity index (χ0v) is 12.1. The van der Waals surface area contributed by atoms with Gasteiger partial charge in [-0.3, -0.25) is 4.79 Å². The summed E-state index contributed by atoms with van der Waals surface area (Å²) >= 11 is 1.01. The van der Waals surface area contributed by atoms with E-state index in [1.807, 2.05) is 0 Å². The van der Waals surface area contributed by atoms with Crippen LogP contribution in [0.5, 0.6) is 5.75 Å². The number of halogens is 3. The van der Waals surface area contributed by atoms with Gasteiger partial charge in [-0.15, -0.1) is 0 Å². The molecule has 5 nitrogen and oxygen atoms in total. The second-order valence-corrected chi connectivity index (χ2v) is 4.77. The molecule has 0 spiro atoms. The molecule has 2 rings (SSSR count). The predicted molar refractivity (Wildman–Crippen MR) is 73.2 cm³/mol. The summed E-state index contributed by atoms with van der Waals surface area (Å²) in [7, 11) is 1.01. The molecule has 9 heteroatoms. The Balaban J connectivity index is 2.91. The van der Waals surface area contributed by atoms with E-state index in [1.165, 1.54) is 6.07 Å². The first kappa shape index (κ1) is 15.9. The summed E-state index contributed by atoms with van der Waals surface area (Å²) in [5.74, 6) is -4.73. The molecule has 0 amide bonds. The molecule has 0 fully saturated rings. The molecule has 1 aromatic heterocycles. The van der Waals surface area contributed by atoms with E-state index in [4.69, 9.17) is 5.26 Å². The van der Waals surface area contributed by atoms with E-state index < -0.39 is 45.6 Å². The molecule has 0 saturated carbocycles. The quantitative estimate of drug-likeness (QED) is 0.692. The molecule has 0 radical (unpaired) electrons. The Kier molecular flexibility index (Phi) is 4.42. The van der Waals surface area contributed by atoms with Crippen LogP contribution in [-0.4, -0.2) is 23.3 Å². The Hall–Kier alpha value is -2.47. The lowest BCUT2D eigenvalue weighted by Gasteiger charge is -2.11. The van der Waals surface area contributed by atoms with Crippen molar-refractivity contribution in [2.24, 2.45) is 0 Å². The van der Waals surface area contributed by atoms with Crippen LogP contribution in [0.1, 0.15) is 5.56 Å². The number of methoxy groups -OCH3 is 1. The minimum atomic E-state index is -1.37.